The summed E-state index contributed by atoms with van der Waals surface area (Å²) in [6.45, 7) is 6.23. The van der Waals surface area contributed by atoms with Crippen LogP contribution in [0.25, 0.3) is 11.1 Å². The standard InChI is InChI=1S/C14H14O/c1-9-6-10(2)13-5-4-12(8-15)14(13)11(3)7-9/h4-8H,1-3H3. The molecule has 0 bridgehead atoms. The van der Waals surface area contributed by atoms with Crippen LogP contribution in [0.4, 0.5) is 0 Å². The van der Waals surface area contributed by atoms with Gasteiger partial charge in [0.15, 0.2) is 6.29 Å². The average Bonchev–Trinajstić information content (AvgIpc) is 2.55. The molecule has 1 nitrogen and oxygen atoms in total. The molecular weight excluding hydrogens is 184 g/mol. The Labute approximate surface area is 90.1 Å². The number of carbonyl (C=O) groups excluding carboxylic acids is 1. The van der Waals surface area contributed by atoms with E-state index in [1.165, 1.54) is 22.3 Å². The molecule has 0 spiro atoms. The molecule has 0 amide bonds. The zero-order chi connectivity index (χ0) is 11.0. The topological polar surface area (TPSA) is 17.1 Å². The summed E-state index contributed by atoms with van der Waals surface area (Å²) < 4.78 is 0. The van der Waals surface area contributed by atoms with Crippen molar-refractivity contribution >= 4 is 6.29 Å². The predicted molar refractivity (Wildman–Crippen MR) is 62.7 cm³/mol. The average molecular weight is 198 g/mol. The first kappa shape index (κ1) is 9.91. The van der Waals surface area contributed by atoms with Gasteiger partial charge in [0.2, 0.25) is 0 Å². The van der Waals surface area contributed by atoms with E-state index in [0.717, 1.165) is 17.4 Å². The van der Waals surface area contributed by atoms with E-state index in [1.807, 2.05) is 12.1 Å². The molecule has 2 aliphatic carbocycles. The lowest BCUT2D eigenvalue weighted by Crippen LogP contribution is -1.83. The van der Waals surface area contributed by atoms with Gasteiger partial charge in [-0.2, -0.15) is 0 Å². The first-order valence-electron chi connectivity index (χ1n) is 5.09. The van der Waals surface area contributed by atoms with Gasteiger partial charge < -0.3 is 0 Å². The summed E-state index contributed by atoms with van der Waals surface area (Å²) in [4.78, 5) is 10.9. The Morgan fingerprint density at radius 1 is 1.00 bits per heavy atom. The fourth-order valence-corrected chi connectivity index (χ4v) is 2.24. The lowest BCUT2D eigenvalue weighted by atomic mass is 10.0. The molecule has 0 radical (unpaired) electrons. The van der Waals surface area contributed by atoms with Gasteiger partial charge in [-0.1, -0.05) is 29.8 Å². The van der Waals surface area contributed by atoms with Gasteiger partial charge in [-0.05, 0) is 43.0 Å². The van der Waals surface area contributed by atoms with Gasteiger partial charge in [0.1, 0.15) is 0 Å². The second kappa shape index (κ2) is 3.50. The Morgan fingerprint density at radius 3 is 2.33 bits per heavy atom. The molecule has 0 fully saturated rings. The summed E-state index contributed by atoms with van der Waals surface area (Å²) >= 11 is 0. The van der Waals surface area contributed by atoms with Crippen molar-refractivity contribution in [1.29, 1.82) is 0 Å². The number of aldehydes is 1. The maximum atomic E-state index is 10.9. The van der Waals surface area contributed by atoms with Crippen LogP contribution >= 0.6 is 0 Å². The molecule has 1 heteroatoms. The smallest absolute Gasteiger partial charge is 0.150 e. The van der Waals surface area contributed by atoms with Crippen LogP contribution in [0.15, 0.2) is 24.3 Å². The van der Waals surface area contributed by atoms with E-state index in [0.29, 0.717) is 0 Å². The quantitative estimate of drug-likeness (QED) is 0.641. The van der Waals surface area contributed by atoms with E-state index in [9.17, 15) is 4.79 Å². The van der Waals surface area contributed by atoms with Gasteiger partial charge in [-0.25, -0.2) is 0 Å². The zero-order valence-corrected chi connectivity index (χ0v) is 9.29. The fourth-order valence-electron chi connectivity index (χ4n) is 2.24. The third kappa shape index (κ3) is 1.54. The molecule has 2 rings (SSSR count). The first-order chi connectivity index (χ1) is 7.13. The normalized spacial score (nSPS) is 10.6. The summed E-state index contributed by atoms with van der Waals surface area (Å²) in [5.41, 5.74) is 6.70. The van der Waals surface area contributed by atoms with E-state index in [4.69, 9.17) is 0 Å². The van der Waals surface area contributed by atoms with Crippen LogP contribution in [0.3, 0.4) is 0 Å². The van der Waals surface area contributed by atoms with E-state index in [1.54, 1.807) is 0 Å². The number of hydrogen-bond acceptors (Lipinski definition) is 1. The largest absolute Gasteiger partial charge is 0.298 e. The second-order valence-corrected chi connectivity index (χ2v) is 4.09. The third-order valence-corrected chi connectivity index (χ3v) is 2.82. The molecule has 0 aliphatic heterocycles. The number of aryl methyl sites for hydroxylation is 3. The Balaban J connectivity index is 2.88. The summed E-state index contributed by atoms with van der Waals surface area (Å²) in [7, 11) is 0. The number of hydrogen-bond donors (Lipinski definition) is 0. The third-order valence-electron chi connectivity index (χ3n) is 2.82. The Hall–Kier alpha value is -1.63. The number of carbonyl (C=O) groups is 1. The second-order valence-electron chi connectivity index (χ2n) is 4.09. The van der Waals surface area contributed by atoms with Crippen LogP contribution in [-0.4, -0.2) is 6.29 Å². The van der Waals surface area contributed by atoms with E-state index in [-0.39, 0.29) is 0 Å². The molecule has 0 unspecified atom stereocenters. The number of rotatable bonds is 1. The molecule has 0 N–H and O–H groups in total. The molecule has 0 atom stereocenters. The van der Waals surface area contributed by atoms with Crippen LogP contribution < -0.4 is 0 Å². The van der Waals surface area contributed by atoms with Crippen molar-refractivity contribution in [2.24, 2.45) is 0 Å². The van der Waals surface area contributed by atoms with Crippen molar-refractivity contribution in [3.8, 4) is 11.1 Å². The van der Waals surface area contributed by atoms with Crippen molar-refractivity contribution in [1.82, 2.24) is 0 Å². The Bertz CT molecular complexity index is 497. The molecule has 0 saturated heterocycles. The maximum Gasteiger partial charge on any atom is 0.150 e. The highest BCUT2D eigenvalue weighted by Crippen LogP contribution is 2.32. The summed E-state index contributed by atoms with van der Waals surface area (Å²) in [5, 5.41) is 0. The Morgan fingerprint density at radius 2 is 1.67 bits per heavy atom. The molecule has 2 aliphatic rings. The molecule has 0 aromatic heterocycles. The minimum atomic E-state index is 0.793. The lowest BCUT2D eigenvalue weighted by molar-refractivity contribution is 0.112. The van der Waals surface area contributed by atoms with Crippen LogP contribution in [0.2, 0.25) is 0 Å². The van der Waals surface area contributed by atoms with Crippen molar-refractivity contribution in [2.75, 3.05) is 0 Å². The van der Waals surface area contributed by atoms with Crippen molar-refractivity contribution in [3.05, 3.63) is 46.5 Å². The predicted octanol–water partition coefficient (Wildman–Crippen LogP) is 3.53. The fraction of sp³-hybridized carbons (Fsp3) is 0.214. The maximum absolute atomic E-state index is 10.9. The first-order valence-corrected chi connectivity index (χ1v) is 5.09. The van der Waals surface area contributed by atoms with E-state index >= 15 is 0 Å². The SMILES string of the molecule is Cc1cc(C)c2ccc(C=O)c-2c(C)c1. The lowest BCUT2D eigenvalue weighted by Gasteiger charge is -2.01. The molecule has 0 heterocycles. The monoisotopic (exact) mass is 198 g/mol. The van der Waals surface area contributed by atoms with Gasteiger partial charge >= 0.3 is 0 Å². The minimum Gasteiger partial charge on any atom is -0.298 e. The van der Waals surface area contributed by atoms with Crippen LogP contribution in [0, 0.1) is 20.8 Å². The highest BCUT2D eigenvalue weighted by Gasteiger charge is 2.12. The number of fused-ring (bicyclic) bond motifs is 1. The van der Waals surface area contributed by atoms with Crippen LogP contribution in [0.1, 0.15) is 27.0 Å². The van der Waals surface area contributed by atoms with Gasteiger partial charge in [-0.15, -0.1) is 0 Å². The van der Waals surface area contributed by atoms with Gasteiger partial charge in [-0.3, -0.25) is 4.79 Å². The van der Waals surface area contributed by atoms with Crippen molar-refractivity contribution in [3.63, 3.8) is 0 Å². The molecule has 0 aromatic rings. The molecule has 0 saturated carbocycles. The Kier molecular flexibility index (Phi) is 2.31. The zero-order valence-electron chi connectivity index (χ0n) is 9.29. The van der Waals surface area contributed by atoms with E-state index in [2.05, 4.69) is 32.9 Å². The molecule has 76 valence electrons. The minimum absolute atomic E-state index is 0.793. The van der Waals surface area contributed by atoms with Gasteiger partial charge in [0.25, 0.3) is 0 Å². The summed E-state index contributed by atoms with van der Waals surface area (Å²) in [6, 6.07) is 8.21. The molecule has 0 aromatic carbocycles. The highest BCUT2D eigenvalue weighted by molar-refractivity contribution is 5.92. The van der Waals surface area contributed by atoms with Gasteiger partial charge in [0.05, 0.1) is 0 Å². The summed E-state index contributed by atoms with van der Waals surface area (Å²) in [6.07, 6.45) is 0.935. The van der Waals surface area contributed by atoms with Crippen molar-refractivity contribution in [2.45, 2.75) is 20.8 Å². The summed E-state index contributed by atoms with van der Waals surface area (Å²) in [5.74, 6) is 0. The molecule has 15 heavy (non-hydrogen) atoms. The highest BCUT2D eigenvalue weighted by atomic mass is 16.1. The van der Waals surface area contributed by atoms with Crippen LogP contribution in [0.5, 0.6) is 0 Å². The van der Waals surface area contributed by atoms with Crippen LogP contribution in [-0.2, 0) is 0 Å². The van der Waals surface area contributed by atoms with E-state index < -0.39 is 0 Å². The van der Waals surface area contributed by atoms with Gasteiger partial charge in [0, 0.05) is 5.56 Å². The van der Waals surface area contributed by atoms with Crippen molar-refractivity contribution < 1.29 is 4.79 Å². The molecular formula is C14H14O.